The number of carbonyl (C=O) groups excluding carboxylic acids is 1. The Morgan fingerprint density at radius 1 is 1.19 bits per heavy atom. The summed E-state index contributed by atoms with van der Waals surface area (Å²) in [4.78, 5) is 20.9. The molecule has 0 aliphatic carbocycles. The maximum Gasteiger partial charge on any atom is 0.277 e. The molecule has 0 saturated carbocycles. The first-order valence-corrected chi connectivity index (χ1v) is 10.5. The number of hydrogen-bond acceptors (Lipinski definition) is 7. The van der Waals surface area contributed by atoms with Gasteiger partial charge in [0.2, 0.25) is 0 Å². The second-order valence-electron chi connectivity index (χ2n) is 5.72. The Morgan fingerprint density at radius 2 is 2.04 bits per heavy atom. The van der Waals surface area contributed by atoms with E-state index in [1.54, 1.807) is 41.9 Å². The molecule has 3 aromatic heterocycles. The van der Waals surface area contributed by atoms with Crippen LogP contribution in [0.4, 0.5) is 5.13 Å². The Bertz CT molecular complexity index is 1250. The molecule has 0 aliphatic heterocycles. The van der Waals surface area contributed by atoms with Crippen molar-refractivity contribution in [3.8, 4) is 11.3 Å². The van der Waals surface area contributed by atoms with Crippen LogP contribution in [0.15, 0.2) is 59.1 Å². The molecule has 3 heterocycles. The monoisotopic (exact) mass is 399 g/mol. The van der Waals surface area contributed by atoms with E-state index in [-0.39, 0.29) is 16.5 Å². The molecular formula is C17H13N5O3S2. The van der Waals surface area contributed by atoms with Crippen molar-refractivity contribution in [2.45, 2.75) is 4.90 Å². The van der Waals surface area contributed by atoms with Crippen LogP contribution in [0.25, 0.3) is 16.9 Å². The first-order valence-electron chi connectivity index (χ1n) is 7.78. The van der Waals surface area contributed by atoms with Gasteiger partial charge in [-0.3, -0.25) is 10.1 Å². The number of aromatic nitrogens is 4. The lowest BCUT2D eigenvalue weighted by Crippen LogP contribution is -2.15. The first kappa shape index (κ1) is 17.3. The number of thiazole rings is 1. The van der Waals surface area contributed by atoms with Crippen molar-refractivity contribution in [2.24, 2.45) is 0 Å². The molecule has 4 aromatic rings. The zero-order valence-corrected chi connectivity index (χ0v) is 15.7. The third-order valence-corrected chi connectivity index (χ3v) is 5.60. The number of hydrogen-bond donors (Lipinski definition) is 1. The van der Waals surface area contributed by atoms with E-state index < -0.39 is 9.84 Å². The Kier molecular flexibility index (Phi) is 4.21. The number of rotatable bonds is 4. The average molecular weight is 399 g/mol. The summed E-state index contributed by atoms with van der Waals surface area (Å²) in [6.07, 6.45) is 4.18. The summed E-state index contributed by atoms with van der Waals surface area (Å²) in [6.45, 7) is 0. The molecular weight excluding hydrogens is 386 g/mol. The second kappa shape index (κ2) is 6.56. The molecule has 1 aromatic carbocycles. The van der Waals surface area contributed by atoms with Gasteiger partial charge < -0.3 is 0 Å². The minimum atomic E-state index is -3.33. The smallest absolute Gasteiger partial charge is 0.277 e. The highest BCUT2D eigenvalue weighted by atomic mass is 32.2. The van der Waals surface area contributed by atoms with Crippen LogP contribution >= 0.6 is 11.3 Å². The van der Waals surface area contributed by atoms with Crippen LogP contribution in [0.3, 0.4) is 0 Å². The molecule has 0 aliphatic rings. The molecule has 0 atom stereocenters. The third-order valence-electron chi connectivity index (χ3n) is 3.81. The lowest BCUT2D eigenvalue weighted by Gasteiger charge is -2.06. The Hall–Kier alpha value is -3.11. The molecule has 4 rings (SSSR count). The lowest BCUT2D eigenvalue weighted by atomic mass is 10.1. The van der Waals surface area contributed by atoms with Gasteiger partial charge in [0.15, 0.2) is 26.3 Å². The van der Waals surface area contributed by atoms with E-state index in [0.717, 1.165) is 6.26 Å². The molecule has 0 fully saturated rings. The molecule has 0 saturated heterocycles. The molecule has 27 heavy (non-hydrogen) atoms. The van der Waals surface area contributed by atoms with Crippen LogP contribution < -0.4 is 5.32 Å². The zero-order valence-electron chi connectivity index (χ0n) is 14.0. The quantitative estimate of drug-likeness (QED) is 0.565. The van der Waals surface area contributed by atoms with Crippen molar-refractivity contribution in [1.29, 1.82) is 0 Å². The number of nitrogens with one attached hydrogen (secondary N) is 1. The maximum atomic E-state index is 12.5. The fourth-order valence-corrected chi connectivity index (χ4v) is 3.71. The largest absolute Gasteiger partial charge is 0.296 e. The minimum absolute atomic E-state index is 0.203. The zero-order chi connectivity index (χ0) is 19.0. The van der Waals surface area contributed by atoms with Crippen molar-refractivity contribution in [2.75, 3.05) is 11.6 Å². The van der Waals surface area contributed by atoms with E-state index in [2.05, 4.69) is 20.4 Å². The number of benzene rings is 1. The summed E-state index contributed by atoms with van der Waals surface area (Å²) in [5.74, 6) is -0.382. The van der Waals surface area contributed by atoms with E-state index in [9.17, 15) is 13.2 Å². The fraction of sp³-hybridized carbons (Fsp3) is 0.0588. The molecule has 136 valence electrons. The van der Waals surface area contributed by atoms with E-state index in [4.69, 9.17) is 0 Å². The van der Waals surface area contributed by atoms with Gasteiger partial charge in [-0.1, -0.05) is 12.1 Å². The topological polar surface area (TPSA) is 106 Å². The predicted molar refractivity (Wildman–Crippen MR) is 102 cm³/mol. The Balaban J connectivity index is 1.75. The molecule has 8 nitrogen and oxygen atoms in total. The van der Waals surface area contributed by atoms with Gasteiger partial charge in [0.05, 0.1) is 16.8 Å². The molecule has 10 heteroatoms. The molecule has 0 spiro atoms. The van der Waals surface area contributed by atoms with Gasteiger partial charge in [-0.25, -0.2) is 22.9 Å². The number of nitrogens with zero attached hydrogens (tertiary/aromatic N) is 4. The number of imidazole rings is 1. The normalized spacial score (nSPS) is 11.6. The lowest BCUT2D eigenvalue weighted by molar-refractivity contribution is 0.102. The van der Waals surface area contributed by atoms with Crippen LogP contribution in [-0.2, 0) is 9.84 Å². The van der Waals surface area contributed by atoms with Crippen molar-refractivity contribution < 1.29 is 13.2 Å². The molecule has 1 amide bonds. The summed E-state index contributed by atoms with van der Waals surface area (Å²) in [7, 11) is -3.33. The van der Waals surface area contributed by atoms with E-state index in [1.807, 2.05) is 0 Å². The number of sulfone groups is 1. The standard InChI is InChI=1S/C17H13N5O3S2/c1-27(24,25)12-4-2-3-11(9-12)13-5-6-15-19-10-14(22(15)21-13)16(23)20-17-18-7-8-26-17/h2-10H,1H3,(H,18,20,23). The van der Waals surface area contributed by atoms with Crippen molar-refractivity contribution >= 4 is 37.9 Å². The van der Waals surface area contributed by atoms with Gasteiger partial charge in [-0.15, -0.1) is 11.3 Å². The minimum Gasteiger partial charge on any atom is -0.296 e. The van der Waals surface area contributed by atoms with Crippen molar-refractivity contribution in [3.63, 3.8) is 0 Å². The van der Waals surface area contributed by atoms with Crippen LogP contribution in [0.2, 0.25) is 0 Å². The van der Waals surface area contributed by atoms with Gasteiger partial charge in [-0.05, 0) is 24.3 Å². The van der Waals surface area contributed by atoms with Crippen LogP contribution in [0, 0.1) is 0 Å². The summed E-state index contributed by atoms with van der Waals surface area (Å²) < 4.78 is 25.0. The number of carbonyl (C=O) groups is 1. The molecule has 0 unspecified atom stereocenters. The highest BCUT2D eigenvalue weighted by Crippen LogP contribution is 2.22. The average Bonchev–Trinajstić information content (AvgIpc) is 3.30. The number of amides is 1. The molecule has 1 N–H and O–H groups in total. The van der Waals surface area contributed by atoms with E-state index in [1.165, 1.54) is 28.1 Å². The highest BCUT2D eigenvalue weighted by molar-refractivity contribution is 7.90. The molecule has 0 radical (unpaired) electrons. The number of anilines is 1. The van der Waals surface area contributed by atoms with Gasteiger partial charge in [-0.2, -0.15) is 5.10 Å². The van der Waals surface area contributed by atoms with E-state index in [0.29, 0.717) is 22.0 Å². The number of fused-ring (bicyclic) bond motifs is 1. The second-order valence-corrected chi connectivity index (χ2v) is 8.63. The molecule has 0 bridgehead atoms. The van der Waals surface area contributed by atoms with Gasteiger partial charge in [0.1, 0.15) is 0 Å². The van der Waals surface area contributed by atoms with Gasteiger partial charge >= 0.3 is 0 Å². The maximum absolute atomic E-state index is 12.5. The fourth-order valence-electron chi connectivity index (χ4n) is 2.51. The SMILES string of the molecule is CS(=O)(=O)c1cccc(-c2ccc3ncc(C(=O)Nc4nccs4)n3n2)c1. The Morgan fingerprint density at radius 3 is 2.78 bits per heavy atom. The summed E-state index contributed by atoms with van der Waals surface area (Å²) in [6, 6.07) is 9.94. The van der Waals surface area contributed by atoms with E-state index >= 15 is 0 Å². The van der Waals surface area contributed by atoms with Crippen molar-refractivity contribution in [3.05, 3.63) is 59.9 Å². The van der Waals surface area contributed by atoms with Crippen LogP contribution in [0.5, 0.6) is 0 Å². The van der Waals surface area contributed by atoms with Crippen LogP contribution in [-0.4, -0.2) is 40.2 Å². The summed E-state index contributed by atoms with van der Waals surface area (Å²) in [5.41, 5.74) is 1.90. The third kappa shape index (κ3) is 3.44. The van der Waals surface area contributed by atoms with Crippen LogP contribution in [0.1, 0.15) is 10.5 Å². The Labute approximate surface area is 158 Å². The van der Waals surface area contributed by atoms with Gasteiger partial charge in [0, 0.05) is 23.4 Å². The van der Waals surface area contributed by atoms with Gasteiger partial charge in [0.25, 0.3) is 5.91 Å². The van der Waals surface area contributed by atoms with Crippen molar-refractivity contribution in [1.82, 2.24) is 19.6 Å². The predicted octanol–water partition coefficient (Wildman–Crippen LogP) is 2.51. The summed E-state index contributed by atoms with van der Waals surface area (Å²) in [5, 5.41) is 9.39. The summed E-state index contributed by atoms with van der Waals surface area (Å²) >= 11 is 1.31. The highest BCUT2D eigenvalue weighted by Gasteiger charge is 2.16. The first-order chi connectivity index (χ1) is 12.9.